The van der Waals surface area contributed by atoms with E-state index in [2.05, 4.69) is 0 Å². The summed E-state index contributed by atoms with van der Waals surface area (Å²) in [5, 5.41) is 17.8. The Morgan fingerprint density at radius 1 is 1.22 bits per heavy atom. The number of benzene rings is 1. The molecule has 0 saturated carbocycles. The van der Waals surface area contributed by atoms with Crippen LogP contribution in [0.4, 0.5) is 0 Å². The van der Waals surface area contributed by atoms with Crippen LogP contribution in [0.15, 0.2) is 30.3 Å². The van der Waals surface area contributed by atoms with Crippen LogP contribution in [-0.4, -0.2) is 22.2 Å². The fourth-order valence-electron chi connectivity index (χ4n) is 2.17. The predicted molar refractivity (Wildman–Crippen MR) is 66.4 cm³/mol. The zero-order valence-corrected chi connectivity index (χ0v) is 9.80. The molecule has 4 heteroatoms. The highest BCUT2D eigenvalue weighted by atomic mass is 16.4. The molecule has 0 bridgehead atoms. The zero-order chi connectivity index (χ0) is 13.1. The molecule has 2 N–H and O–H groups in total. The van der Waals surface area contributed by atoms with Crippen molar-refractivity contribution in [1.29, 1.82) is 0 Å². The minimum Gasteiger partial charge on any atom is -0.481 e. The largest absolute Gasteiger partial charge is 0.481 e. The molecule has 1 aromatic carbocycles. The molecule has 1 aliphatic rings. The molecule has 0 saturated heterocycles. The number of hydrogen-bond donors (Lipinski definition) is 2. The van der Waals surface area contributed by atoms with E-state index in [9.17, 15) is 9.59 Å². The molecule has 0 amide bonds. The van der Waals surface area contributed by atoms with Gasteiger partial charge < -0.3 is 10.2 Å². The van der Waals surface area contributed by atoms with E-state index < -0.39 is 11.9 Å². The van der Waals surface area contributed by atoms with Crippen LogP contribution in [0.3, 0.4) is 0 Å². The molecule has 0 fully saturated rings. The van der Waals surface area contributed by atoms with Gasteiger partial charge in [-0.2, -0.15) is 0 Å². The highest BCUT2D eigenvalue weighted by Crippen LogP contribution is 2.30. The van der Waals surface area contributed by atoms with Crippen LogP contribution in [0, 0.1) is 5.92 Å². The summed E-state index contributed by atoms with van der Waals surface area (Å²) in [5.74, 6) is -2.02. The SMILES string of the molecule is O=C(O)c1cccc(C2=CCC(C(=O)O)CC2)c1. The second kappa shape index (κ2) is 5.04. The predicted octanol–water partition coefficient (Wildman–Crippen LogP) is 2.65. The lowest BCUT2D eigenvalue weighted by molar-refractivity contribution is -0.141. The lowest BCUT2D eigenvalue weighted by Crippen LogP contribution is -2.15. The third kappa shape index (κ3) is 2.59. The number of rotatable bonds is 3. The van der Waals surface area contributed by atoms with Crippen molar-refractivity contribution >= 4 is 17.5 Å². The molecule has 4 nitrogen and oxygen atoms in total. The third-order valence-electron chi connectivity index (χ3n) is 3.24. The number of hydrogen-bond acceptors (Lipinski definition) is 2. The number of allylic oxidation sites excluding steroid dienone is 2. The number of carboxylic acid groups (broad SMARTS) is 2. The summed E-state index contributed by atoms with van der Waals surface area (Å²) in [6.45, 7) is 0. The van der Waals surface area contributed by atoms with E-state index in [0.29, 0.717) is 19.3 Å². The van der Waals surface area contributed by atoms with Crippen LogP contribution in [0.25, 0.3) is 5.57 Å². The van der Waals surface area contributed by atoms with Crippen LogP contribution in [0.1, 0.15) is 35.2 Å². The van der Waals surface area contributed by atoms with E-state index in [4.69, 9.17) is 10.2 Å². The topological polar surface area (TPSA) is 74.6 Å². The molecule has 1 aromatic rings. The van der Waals surface area contributed by atoms with Crippen molar-refractivity contribution in [2.24, 2.45) is 5.92 Å². The van der Waals surface area contributed by atoms with Crippen molar-refractivity contribution in [3.8, 4) is 0 Å². The Kier molecular flexibility index (Phi) is 3.46. The molecule has 0 heterocycles. The van der Waals surface area contributed by atoms with Gasteiger partial charge >= 0.3 is 11.9 Å². The van der Waals surface area contributed by atoms with Gasteiger partial charge in [0.15, 0.2) is 0 Å². The summed E-state index contributed by atoms with van der Waals surface area (Å²) in [6, 6.07) is 6.76. The normalized spacial score (nSPS) is 19.1. The fourth-order valence-corrected chi connectivity index (χ4v) is 2.17. The molecule has 0 aliphatic heterocycles. The number of carbonyl (C=O) groups is 2. The Morgan fingerprint density at radius 2 is 2.00 bits per heavy atom. The molecule has 18 heavy (non-hydrogen) atoms. The summed E-state index contributed by atoms with van der Waals surface area (Å²) < 4.78 is 0. The van der Waals surface area contributed by atoms with Gasteiger partial charge in [-0.1, -0.05) is 18.2 Å². The van der Waals surface area contributed by atoms with Crippen molar-refractivity contribution in [3.63, 3.8) is 0 Å². The molecule has 2 rings (SSSR count). The van der Waals surface area contributed by atoms with Crippen molar-refractivity contribution in [3.05, 3.63) is 41.5 Å². The Labute approximate surface area is 105 Å². The van der Waals surface area contributed by atoms with Gasteiger partial charge in [0.25, 0.3) is 0 Å². The molecular weight excluding hydrogens is 232 g/mol. The minimum absolute atomic E-state index is 0.258. The molecule has 0 radical (unpaired) electrons. The van der Waals surface area contributed by atoms with Crippen LogP contribution in [0.5, 0.6) is 0 Å². The van der Waals surface area contributed by atoms with Gasteiger partial charge in [-0.25, -0.2) is 4.79 Å². The van der Waals surface area contributed by atoms with Gasteiger partial charge in [0, 0.05) is 0 Å². The molecule has 0 spiro atoms. The first-order valence-electron chi connectivity index (χ1n) is 5.83. The molecule has 1 atom stereocenters. The quantitative estimate of drug-likeness (QED) is 0.859. The maximum atomic E-state index is 10.9. The maximum Gasteiger partial charge on any atom is 0.335 e. The lowest BCUT2D eigenvalue weighted by Gasteiger charge is -2.18. The Morgan fingerprint density at radius 3 is 2.56 bits per heavy atom. The van der Waals surface area contributed by atoms with E-state index in [1.807, 2.05) is 12.1 Å². The average Bonchev–Trinajstić information content (AvgIpc) is 2.39. The molecule has 94 valence electrons. The van der Waals surface area contributed by atoms with Gasteiger partial charge in [0.05, 0.1) is 11.5 Å². The fraction of sp³-hybridized carbons (Fsp3) is 0.286. The standard InChI is InChI=1S/C14H14O4/c15-13(16)10-6-4-9(5-7-10)11-2-1-3-12(8-11)14(17)18/h1-4,8,10H,5-7H2,(H,15,16)(H,17,18). The van der Waals surface area contributed by atoms with Crippen LogP contribution in [0.2, 0.25) is 0 Å². The summed E-state index contributed by atoms with van der Waals surface area (Å²) in [7, 11) is 0. The van der Waals surface area contributed by atoms with Crippen LogP contribution in [-0.2, 0) is 4.79 Å². The number of carboxylic acids is 2. The van der Waals surface area contributed by atoms with Gasteiger partial charge in [0.2, 0.25) is 0 Å². The van der Waals surface area contributed by atoms with E-state index in [1.165, 1.54) is 0 Å². The van der Waals surface area contributed by atoms with E-state index in [0.717, 1.165) is 11.1 Å². The number of aliphatic carboxylic acids is 1. The maximum absolute atomic E-state index is 10.9. The Balaban J connectivity index is 2.20. The van der Waals surface area contributed by atoms with Crippen molar-refractivity contribution < 1.29 is 19.8 Å². The highest BCUT2D eigenvalue weighted by Gasteiger charge is 2.21. The van der Waals surface area contributed by atoms with Gasteiger partial charge in [-0.05, 0) is 42.5 Å². The van der Waals surface area contributed by atoms with Crippen molar-refractivity contribution in [1.82, 2.24) is 0 Å². The second-order valence-corrected chi connectivity index (χ2v) is 4.42. The van der Waals surface area contributed by atoms with Gasteiger partial charge in [0.1, 0.15) is 0 Å². The van der Waals surface area contributed by atoms with Gasteiger partial charge in [-0.3, -0.25) is 4.79 Å². The minimum atomic E-state index is -0.948. The van der Waals surface area contributed by atoms with Gasteiger partial charge in [-0.15, -0.1) is 0 Å². The first-order chi connectivity index (χ1) is 8.58. The summed E-state index contributed by atoms with van der Waals surface area (Å²) in [4.78, 5) is 21.7. The van der Waals surface area contributed by atoms with Crippen LogP contribution >= 0.6 is 0 Å². The summed E-state index contributed by atoms with van der Waals surface area (Å²) in [5.41, 5.74) is 2.17. The molecule has 1 unspecified atom stereocenters. The Bertz CT molecular complexity index is 516. The van der Waals surface area contributed by atoms with Crippen LogP contribution < -0.4 is 0 Å². The summed E-state index contributed by atoms with van der Waals surface area (Å²) >= 11 is 0. The molecular formula is C14H14O4. The van der Waals surface area contributed by atoms with E-state index in [1.54, 1.807) is 18.2 Å². The average molecular weight is 246 g/mol. The smallest absolute Gasteiger partial charge is 0.335 e. The van der Waals surface area contributed by atoms with E-state index >= 15 is 0 Å². The van der Waals surface area contributed by atoms with Crippen molar-refractivity contribution in [2.45, 2.75) is 19.3 Å². The first-order valence-corrected chi connectivity index (χ1v) is 5.83. The van der Waals surface area contributed by atoms with Crippen molar-refractivity contribution in [2.75, 3.05) is 0 Å². The summed E-state index contributed by atoms with van der Waals surface area (Å²) in [6.07, 6.45) is 3.71. The molecule has 1 aliphatic carbocycles. The third-order valence-corrected chi connectivity index (χ3v) is 3.24. The molecule has 0 aromatic heterocycles. The van der Waals surface area contributed by atoms with E-state index in [-0.39, 0.29) is 11.5 Å². The zero-order valence-electron chi connectivity index (χ0n) is 9.80. The second-order valence-electron chi connectivity index (χ2n) is 4.42. The number of aromatic carboxylic acids is 1. The Hall–Kier alpha value is -2.10. The monoisotopic (exact) mass is 246 g/mol. The first kappa shape index (κ1) is 12.4. The highest BCUT2D eigenvalue weighted by molar-refractivity contribution is 5.89. The lowest BCUT2D eigenvalue weighted by atomic mass is 9.86.